The number of aryl methyl sites for hydroxylation is 1. The summed E-state index contributed by atoms with van der Waals surface area (Å²) in [5.41, 5.74) is 1.14. The van der Waals surface area contributed by atoms with Gasteiger partial charge >= 0.3 is 0 Å². The van der Waals surface area contributed by atoms with Gasteiger partial charge in [0.15, 0.2) is 5.13 Å². The van der Waals surface area contributed by atoms with Crippen LogP contribution in [0.3, 0.4) is 0 Å². The second kappa shape index (κ2) is 7.63. The van der Waals surface area contributed by atoms with Crippen LogP contribution in [0.25, 0.3) is 0 Å². The Bertz CT molecular complexity index is 324. The largest absolute Gasteiger partial charge is 0.383 e. The van der Waals surface area contributed by atoms with E-state index in [1.165, 1.54) is 4.88 Å². The summed E-state index contributed by atoms with van der Waals surface area (Å²) in [5, 5.41) is 4.49. The Morgan fingerprint density at radius 1 is 1.35 bits per heavy atom. The van der Waals surface area contributed by atoms with E-state index in [2.05, 4.69) is 36.0 Å². The summed E-state index contributed by atoms with van der Waals surface area (Å²) in [6.07, 6.45) is 0. The highest BCUT2D eigenvalue weighted by molar-refractivity contribution is 7.15. The van der Waals surface area contributed by atoms with Gasteiger partial charge < -0.3 is 15.0 Å². The van der Waals surface area contributed by atoms with Crippen molar-refractivity contribution < 1.29 is 4.74 Å². The second-order valence-corrected chi connectivity index (χ2v) is 4.91. The highest BCUT2D eigenvalue weighted by Crippen LogP contribution is 2.25. The Morgan fingerprint density at radius 2 is 2.06 bits per heavy atom. The molecule has 0 amide bonds. The van der Waals surface area contributed by atoms with Gasteiger partial charge in [-0.05, 0) is 20.8 Å². The second-order valence-electron chi connectivity index (χ2n) is 3.85. The van der Waals surface area contributed by atoms with Crippen molar-refractivity contribution in [2.24, 2.45) is 0 Å². The first-order valence-corrected chi connectivity index (χ1v) is 6.95. The molecule has 0 saturated heterocycles. The number of methoxy groups -OCH3 is 1. The molecule has 1 N–H and O–H groups in total. The lowest BCUT2D eigenvalue weighted by atomic mass is 10.4. The van der Waals surface area contributed by atoms with Gasteiger partial charge in [-0.15, -0.1) is 11.3 Å². The highest BCUT2D eigenvalue weighted by atomic mass is 32.1. The molecule has 0 unspecified atom stereocenters. The zero-order valence-corrected chi connectivity index (χ0v) is 12.1. The molecule has 0 saturated carbocycles. The first kappa shape index (κ1) is 14.4. The molecule has 1 aromatic heterocycles. The van der Waals surface area contributed by atoms with Crippen molar-refractivity contribution in [1.29, 1.82) is 0 Å². The fourth-order valence-corrected chi connectivity index (χ4v) is 2.74. The number of rotatable bonds is 8. The Kier molecular flexibility index (Phi) is 6.47. The van der Waals surface area contributed by atoms with Gasteiger partial charge in [0.05, 0.1) is 12.3 Å². The van der Waals surface area contributed by atoms with Gasteiger partial charge in [-0.3, -0.25) is 0 Å². The number of thiazole rings is 1. The number of nitrogens with one attached hydrogen (secondary N) is 1. The van der Waals surface area contributed by atoms with Crippen LogP contribution in [0.5, 0.6) is 0 Å². The van der Waals surface area contributed by atoms with Crippen molar-refractivity contribution in [1.82, 2.24) is 10.3 Å². The number of nitrogens with zero attached hydrogens (tertiary/aromatic N) is 2. The smallest absolute Gasteiger partial charge is 0.185 e. The Labute approximate surface area is 108 Å². The summed E-state index contributed by atoms with van der Waals surface area (Å²) < 4.78 is 5.01. The maximum absolute atomic E-state index is 5.01. The number of hydrogen-bond acceptors (Lipinski definition) is 5. The number of anilines is 1. The van der Waals surface area contributed by atoms with Crippen LogP contribution >= 0.6 is 11.3 Å². The van der Waals surface area contributed by atoms with E-state index in [-0.39, 0.29) is 0 Å². The van der Waals surface area contributed by atoms with Crippen LogP contribution in [-0.4, -0.2) is 38.3 Å². The fraction of sp³-hybridized carbons (Fsp3) is 0.750. The van der Waals surface area contributed by atoms with Crippen LogP contribution < -0.4 is 10.2 Å². The van der Waals surface area contributed by atoms with E-state index in [1.807, 2.05) is 0 Å². The molecule has 1 rings (SSSR count). The lowest BCUT2D eigenvalue weighted by Gasteiger charge is -2.16. The van der Waals surface area contributed by atoms with Crippen molar-refractivity contribution in [3.63, 3.8) is 0 Å². The quantitative estimate of drug-likeness (QED) is 0.723. The van der Waals surface area contributed by atoms with Gasteiger partial charge in [-0.1, -0.05) is 0 Å². The Hall–Kier alpha value is -0.650. The zero-order chi connectivity index (χ0) is 12.7. The van der Waals surface area contributed by atoms with E-state index < -0.39 is 0 Å². The number of aromatic nitrogens is 1. The third-order valence-corrected chi connectivity index (χ3v) is 3.90. The maximum atomic E-state index is 5.01. The summed E-state index contributed by atoms with van der Waals surface area (Å²) in [7, 11) is 1.72. The molecule has 1 heterocycles. The molecule has 98 valence electrons. The summed E-state index contributed by atoms with van der Waals surface area (Å²) in [6, 6.07) is 0. The standard InChI is InChI=1S/C12H23N3OS/c1-5-15(6-2)12-14-10(3)11(17-12)9-13-7-8-16-4/h13H,5-9H2,1-4H3. The minimum atomic E-state index is 0.751. The molecule has 0 aromatic carbocycles. The molecule has 0 aliphatic heterocycles. The van der Waals surface area contributed by atoms with E-state index in [0.717, 1.165) is 43.6 Å². The molecule has 0 bridgehead atoms. The molecule has 0 spiro atoms. The first-order valence-electron chi connectivity index (χ1n) is 6.13. The van der Waals surface area contributed by atoms with Gasteiger partial charge in [0.25, 0.3) is 0 Å². The van der Waals surface area contributed by atoms with E-state index in [9.17, 15) is 0 Å². The summed E-state index contributed by atoms with van der Waals surface area (Å²) >= 11 is 1.79. The lowest BCUT2D eigenvalue weighted by Crippen LogP contribution is -2.21. The SMILES string of the molecule is CCN(CC)c1nc(C)c(CNCCOC)s1. The topological polar surface area (TPSA) is 37.4 Å². The van der Waals surface area contributed by atoms with Crippen molar-refractivity contribution in [2.45, 2.75) is 27.3 Å². The van der Waals surface area contributed by atoms with Crippen LogP contribution in [0.1, 0.15) is 24.4 Å². The molecular weight excluding hydrogens is 234 g/mol. The van der Waals surface area contributed by atoms with E-state index in [0.29, 0.717) is 0 Å². The predicted molar refractivity (Wildman–Crippen MR) is 74.0 cm³/mol. The third-order valence-electron chi connectivity index (χ3n) is 2.68. The van der Waals surface area contributed by atoms with Crippen LogP contribution in [0.15, 0.2) is 0 Å². The molecule has 4 nitrogen and oxygen atoms in total. The minimum Gasteiger partial charge on any atom is -0.383 e. The molecule has 1 aromatic rings. The van der Waals surface area contributed by atoms with Crippen LogP contribution in [0.2, 0.25) is 0 Å². The minimum absolute atomic E-state index is 0.751. The van der Waals surface area contributed by atoms with Crippen LogP contribution in [-0.2, 0) is 11.3 Å². The molecule has 5 heteroatoms. The van der Waals surface area contributed by atoms with Crippen molar-refractivity contribution in [3.8, 4) is 0 Å². The molecule has 0 aliphatic rings. The fourth-order valence-electron chi connectivity index (χ4n) is 1.58. The normalized spacial score (nSPS) is 10.8. The van der Waals surface area contributed by atoms with E-state index >= 15 is 0 Å². The molecule has 0 radical (unpaired) electrons. The maximum Gasteiger partial charge on any atom is 0.185 e. The third kappa shape index (κ3) is 4.26. The molecule has 17 heavy (non-hydrogen) atoms. The molecule has 0 atom stereocenters. The lowest BCUT2D eigenvalue weighted by molar-refractivity contribution is 0.199. The van der Waals surface area contributed by atoms with Crippen molar-refractivity contribution in [3.05, 3.63) is 10.6 Å². The number of hydrogen-bond donors (Lipinski definition) is 1. The Morgan fingerprint density at radius 3 is 2.65 bits per heavy atom. The average molecular weight is 257 g/mol. The monoisotopic (exact) mass is 257 g/mol. The van der Waals surface area contributed by atoms with Crippen LogP contribution in [0, 0.1) is 6.92 Å². The highest BCUT2D eigenvalue weighted by Gasteiger charge is 2.11. The van der Waals surface area contributed by atoms with Crippen LogP contribution in [0.4, 0.5) is 5.13 Å². The van der Waals surface area contributed by atoms with Gasteiger partial charge in [-0.25, -0.2) is 4.98 Å². The first-order chi connectivity index (χ1) is 8.22. The molecular formula is C12H23N3OS. The Balaban J connectivity index is 2.55. The van der Waals surface area contributed by atoms with Crippen molar-refractivity contribution >= 4 is 16.5 Å². The van der Waals surface area contributed by atoms with Gasteiger partial charge in [-0.2, -0.15) is 0 Å². The zero-order valence-electron chi connectivity index (χ0n) is 11.2. The van der Waals surface area contributed by atoms with E-state index in [1.54, 1.807) is 18.4 Å². The average Bonchev–Trinajstić information content (AvgIpc) is 2.68. The number of ether oxygens (including phenoxy) is 1. The van der Waals surface area contributed by atoms with Gasteiger partial charge in [0, 0.05) is 38.2 Å². The summed E-state index contributed by atoms with van der Waals surface area (Å²) in [5.74, 6) is 0. The van der Waals surface area contributed by atoms with Gasteiger partial charge in [0.1, 0.15) is 0 Å². The summed E-state index contributed by atoms with van der Waals surface area (Å²) in [6.45, 7) is 11.0. The predicted octanol–water partition coefficient (Wildman–Crippen LogP) is 2.03. The molecule has 0 fully saturated rings. The molecule has 0 aliphatic carbocycles. The van der Waals surface area contributed by atoms with Crippen molar-refractivity contribution in [2.75, 3.05) is 38.3 Å². The summed E-state index contributed by atoms with van der Waals surface area (Å²) in [4.78, 5) is 8.23. The van der Waals surface area contributed by atoms with Gasteiger partial charge in [0.2, 0.25) is 0 Å². The van der Waals surface area contributed by atoms with E-state index in [4.69, 9.17) is 4.74 Å².